The largest absolute Gasteiger partial charge is 0.496 e. The molecule has 2 rings (SSSR count). The lowest BCUT2D eigenvalue weighted by atomic mass is 9.93. The van der Waals surface area contributed by atoms with Gasteiger partial charge in [0, 0.05) is 6.54 Å². The number of aryl methyl sites for hydroxylation is 1. The van der Waals surface area contributed by atoms with Gasteiger partial charge in [-0.3, -0.25) is 0 Å². The van der Waals surface area contributed by atoms with Crippen LogP contribution in [0, 0.1) is 6.92 Å². The Morgan fingerprint density at radius 2 is 2.05 bits per heavy atom. The standard InChI is InChI=1S/C16H26N2O/c1-13-11-14(5-6-16(13)19-2)15(7-8-17)12-18-9-3-4-10-18/h5-6,11,15H,3-4,7-10,12,17H2,1-2H3. The highest BCUT2D eigenvalue weighted by Gasteiger charge is 2.19. The van der Waals surface area contributed by atoms with E-state index in [0.717, 1.165) is 25.3 Å². The molecule has 0 spiro atoms. The minimum atomic E-state index is 0.549. The minimum absolute atomic E-state index is 0.549. The molecule has 1 aliphatic heterocycles. The van der Waals surface area contributed by atoms with E-state index in [4.69, 9.17) is 10.5 Å². The summed E-state index contributed by atoms with van der Waals surface area (Å²) in [5.41, 5.74) is 8.40. The molecule has 2 N–H and O–H groups in total. The van der Waals surface area contributed by atoms with Crippen molar-refractivity contribution in [3.63, 3.8) is 0 Å². The first kappa shape index (κ1) is 14.4. The summed E-state index contributed by atoms with van der Waals surface area (Å²) in [5, 5.41) is 0. The first-order chi connectivity index (χ1) is 9.24. The van der Waals surface area contributed by atoms with Gasteiger partial charge in [-0.15, -0.1) is 0 Å². The monoisotopic (exact) mass is 262 g/mol. The third-order valence-corrected chi connectivity index (χ3v) is 4.08. The van der Waals surface area contributed by atoms with Crippen LogP contribution in [0.3, 0.4) is 0 Å². The summed E-state index contributed by atoms with van der Waals surface area (Å²) in [7, 11) is 1.73. The van der Waals surface area contributed by atoms with E-state index < -0.39 is 0 Å². The number of ether oxygens (including phenoxy) is 1. The van der Waals surface area contributed by atoms with Crippen molar-refractivity contribution >= 4 is 0 Å². The van der Waals surface area contributed by atoms with Gasteiger partial charge in [0.15, 0.2) is 0 Å². The molecule has 0 amide bonds. The summed E-state index contributed by atoms with van der Waals surface area (Å²) in [4.78, 5) is 2.57. The first-order valence-corrected chi connectivity index (χ1v) is 7.31. The Morgan fingerprint density at radius 1 is 1.32 bits per heavy atom. The predicted molar refractivity (Wildman–Crippen MR) is 79.8 cm³/mol. The van der Waals surface area contributed by atoms with Crippen LogP contribution in [0.2, 0.25) is 0 Å². The van der Waals surface area contributed by atoms with Crippen molar-refractivity contribution in [2.45, 2.75) is 32.1 Å². The molecule has 1 aliphatic rings. The molecule has 1 aromatic carbocycles. The first-order valence-electron chi connectivity index (χ1n) is 7.31. The number of nitrogens with zero attached hydrogens (tertiary/aromatic N) is 1. The fourth-order valence-electron chi connectivity index (χ4n) is 3.00. The molecule has 1 heterocycles. The predicted octanol–water partition coefficient (Wildman–Crippen LogP) is 2.53. The number of likely N-dealkylation sites (tertiary alicyclic amines) is 1. The van der Waals surface area contributed by atoms with Gasteiger partial charge in [0.25, 0.3) is 0 Å². The van der Waals surface area contributed by atoms with Gasteiger partial charge in [0.05, 0.1) is 7.11 Å². The van der Waals surface area contributed by atoms with Crippen molar-refractivity contribution in [1.29, 1.82) is 0 Å². The van der Waals surface area contributed by atoms with E-state index in [1.54, 1.807) is 7.11 Å². The fraction of sp³-hybridized carbons (Fsp3) is 0.625. The zero-order valence-electron chi connectivity index (χ0n) is 12.2. The molecule has 0 saturated carbocycles. The highest BCUT2D eigenvalue weighted by molar-refractivity contribution is 5.37. The molecule has 1 atom stereocenters. The number of methoxy groups -OCH3 is 1. The van der Waals surface area contributed by atoms with Gasteiger partial charge in [-0.05, 0) is 68.9 Å². The summed E-state index contributed by atoms with van der Waals surface area (Å²) >= 11 is 0. The third-order valence-electron chi connectivity index (χ3n) is 4.08. The van der Waals surface area contributed by atoms with Crippen LogP contribution in [-0.2, 0) is 0 Å². The maximum atomic E-state index is 5.79. The molecule has 3 heteroatoms. The van der Waals surface area contributed by atoms with Crippen LogP contribution < -0.4 is 10.5 Å². The molecule has 19 heavy (non-hydrogen) atoms. The van der Waals surface area contributed by atoms with Gasteiger partial charge < -0.3 is 15.4 Å². The van der Waals surface area contributed by atoms with Gasteiger partial charge >= 0.3 is 0 Å². The number of hydrogen-bond donors (Lipinski definition) is 1. The average Bonchev–Trinajstić information content (AvgIpc) is 2.91. The second-order valence-electron chi connectivity index (χ2n) is 5.51. The molecular weight excluding hydrogens is 236 g/mol. The zero-order valence-corrected chi connectivity index (χ0v) is 12.2. The van der Waals surface area contributed by atoms with Crippen LogP contribution in [0.25, 0.3) is 0 Å². The SMILES string of the molecule is COc1ccc(C(CCN)CN2CCCC2)cc1C. The highest BCUT2D eigenvalue weighted by atomic mass is 16.5. The number of hydrogen-bond acceptors (Lipinski definition) is 3. The van der Waals surface area contributed by atoms with E-state index in [9.17, 15) is 0 Å². The molecule has 1 fully saturated rings. The van der Waals surface area contributed by atoms with Crippen LogP contribution >= 0.6 is 0 Å². The quantitative estimate of drug-likeness (QED) is 0.856. The second kappa shape index (κ2) is 6.92. The summed E-state index contributed by atoms with van der Waals surface area (Å²) in [6.07, 6.45) is 3.75. The third kappa shape index (κ3) is 3.71. The maximum absolute atomic E-state index is 5.79. The molecule has 1 saturated heterocycles. The van der Waals surface area contributed by atoms with Crippen LogP contribution in [0.4, 0.5) is 0 Å². The van der Waals surface area contributed by atoms with Gasteiger partial charge in [-0.2, -0.15) is 0 Å². The van der Waals surface area contributed by atoms with Crippen LogP contribution in [0.5, 0.6) is 5.75 Å². The molecule has 106 valence electrons. The molecule has 0 aliphatic carbocycles. The Hall–Kier alpha value is -1.06. The summed E-state index contributed by atoms with van der Waals surface area (Å²) < 4.78 is 5.34. The fourth-order valence-corrected chi connectivity index (χ4v) is 3.00. The van der Waals surface area contributed by atoms with Crippen molar-refractivity contribution in [3.05, 3.63) is 29.3 Å². The lowest BCUT2D eigenvalue weighted by molar-refractivity contribution is 0.308. The number of benzene rings is 1. The van der Waals surface area contributed by atoms with Crippen molar-refractivity contribution in [1.82, 2.24) is 4.90 Å². The number of nitrogens with two attached hydrogens (primary N) is 1. The molecular formula is C16H26N2O. The van der Waals surface area contributed by atoms with E-state index in [2.05, 4.69) is 30.0 Å². The van der Waals surface area contributed by atoms with E-state index >= 15 is 0 Å². The summed E-state index contributed by atoms with van der Waals surface area (Å²) in [6.45, 7) is 6.50. The summed E-state index contributed by atoms with van der Waals surface area (Å²) in [6, 6.07) is 6.54. The lowest BCUT2D eigenvalue weighted by Gasteiger charge is -2.24. The smallest absolute Gasteiger partial charge is 0.121 e. The van der Waals surface area contributed by atoms with Gasteiger partial charge in [0.1, 0.15) is 5.75 Å². The van der Waals surface area contributed by atoms with Gasteiger partial charge in [0.2, 0.25) is 0 Å². The Labute approximate surface area is 116 Å². The van der Waals surface area contributed by atoms with Crippen LogP contribution in [0.1, 0.15) is 36.3 Å². The van der Waals surface area contributed by atoms with Gasteiger partial charge in [-0.1, -0.05) is 12.1 Å². The van der Waals surface area contributed by atoms with Gasteiger partial charge in [-0.25, -0.2) is 0 Å². The molecule has 1 unspecified atom stereocenters. The van der Waals surface area contributed by atoms with Crippen molar-refractivity contribution < 1.29 is 4.74 Å². The molecule has 0 aromatic heterocycles. The normalized spacial score (nSPS) is 17.6. The van der Waals surface area contributed by atoms with E-state index in [1.807, 2.05) is 0 Å². The summed E-state index contributed by atoms with van der Waals surface area (Å²) in [5.74, 6) is 1.52. The second-order valence-corrected chi connectivity index (χ2v) is 5.51. The Bertz CT molecular complexity index is 400. The Morgan fingerprint density at radius 3 is 2.63 bits per heavy atom. The molecule has 0 bridgehead atoms. The Kier molecular flexibility index (Phi) is 5.23. The Balaban J connectivity index is 2.10. The van der Waals surface area contributed by atoms with E-state index in [0.29, 0.717) is 5.92 Å². The van der Waals surface area contributed by atoms with Crippen LogP contribution in [-0.4, -0.2) is 38.2 Å². The number of rotatable bonds is 6. The minimum Gasteiger partial charge on any atom is -0.496 e. The average molecular weight is 262 g/mol. The molecule has 0 radical (unpaired) electrons. The van der Waals surface area contributed by atoms with Crippen molar-refractivity contribution in [3.8, 4) is 5.75 Å². The molecule has 3 nitrogen and oxygen atoms in total. The van der Waals surface area contributed by atoms with E-state index in [1.165, 1.54) is 37.1 Å². The van der Waals surface area contributed by atoms with Crippen molar-refractivity contribution in [2.75, 3.05) is 33.3 Å². The van der Waals surface area contributed by atoms with Crippen molar-refractivity contribution in [2.24, 2.45) is 5.73 Å². The molecule has 1 aromatic rings. The topological polar surface area (TPSA) is 38.5 Å². The maximum Gasteiger partial charge on any atom is 0.121 e. The highest BCUT2D eigenvalue weighted by Crippen LogP contribution is 2.27. The zero-order chi connectivity index (χ0) is 13.7. The van der Waals surface area contributed by atoms with Crippen LogP contribution in [0.15, 0.2) is 18.2 Å². The van der Waals surface area contributed by atoms with E-state index in [-0.39, 0.29) is 0 Å². The lowest BCUT2D eigenvalue weighted by Crippen LogP contribution is -2.27.